The van der Waals surface area contributed by atoms with Gasteiger partial charge in [-0.2, -0.15) is 5.06 Å². The van der Waals surface area contributed by atoms with Crippen LogP contribution in [-0.4, -0.2) is 63.9 Å². The van der Waals surface area contributed by atoms with E-state index in [0.29, 0.717) is 16.4 Å². The molecule has 5 amide bonds. The zero-order chi connectivity index (χ0) is 25.9. The molecule has 0 aliphatic carbocycles. The number of carboxylic acids is 1. The lowest BCUT2D eigenvalue weighted by atomic mass is 9.99. The maximum absolute atomic E-state index is 13.5. The third-order valence-corrected chi connectivity index (χ3v) is 5.80. The number of hydroxylamine groups is 2. The highest BCUT2D eigenvalue weighted by molar-refractivity contribution is 6.00. The molecule has 0 bridgehead atoms. The number of carbonyl (C=O) groups excluding carboxylic acids is 4. The molecule has 1 fully saturated rings. The molecule has 0 unspecified atom stereocenters. The molecule has 2 aromatic rings. The number of hydrogen-bond donors (Lipinski definition) is 3. The van der Waals surface area contributed by atoms with Gasteiger partial charge in [0.05, 0.1) is 18.1 Å². The van der Waals surface area contributed by atoms with Crippen molar-refractivity contribution >= 4 is 35.3 Å². The van der Waals surface area contributed by atoms with Gasteiger partial charge in [0.15, 0.2) is 6.17 Å². The molecule has 1 heterocycles. The molecular formula is C24H28N5O6-. The third-order valence-electron chi connectivity index (χ3n) is 5.80. The zero-order valence-electron chi connectivity index (χ0n) is 19.9. The van der Waals surface area contributed by atoms with Gasteiger partial charge in [-0.05, 0) is 52.0 Å². The van der Waals surface area contributed by atoms with Crippen LogP contribution in [0.25, 0.3) is 0 Å². The Hall–Kier alpha value is -4.12. The molecular weight excluding hydrogens is 454 g/mol. The molecule has 0 radical (unpaired) electrons. The van der Waals surface area contributed by atoms with Crippen molar-refractivity contribution in [1.82, 2.24) is 15.3 Å². The van der Waals surface area contributed by atoms with Gasteiger partial charge in [-0.15, -0.1) is 0 Å². The Bertz CT molecular complexity index is 1120. The Morgan fingerprint density at radius 3 is 2.11 bits per heavy atom. The minimum absolute atomic E-state index is 0.401. The van der Waals surface area contributed by atoms with E-state index in [-0.39, 0.29) is 0 Å². The topological polar surface area (TPSA) is 145 Å². The van der Waals surface area contributed by atoms with Gasteiger partial charge in [-0.25, -0.2) is 9.59 Å². The molecule has 0 saturated carbocycles. The largest absolute Gasteiger partial charge is 0.548 e. The molecule has 11 heteroatoms. The average molecular weight is 483 g/mol. The first kappa shape index (κ1) is 25.5. The second-order valence-electron chi connectivity index (χ2n) is 8.89. The van der Waals surface area contributed by atoms with Crippen LogP contribution in [0.2, 0.25) is 0 Å². The molecule has 0 aromatic heterocycles. The summed E-state index contributed by atoms with van der Waals surface area (Å²) in [5.41, 5.74) is 1.51. The van der Waals surface area contributed by atoms with Gasteiger partial charge in [0.25, 0.3) is 0 Å². The smallest absolute Gasteiger partial charge is 0.347 e. The van der Waals surface area contributed by atoms with Crippen LogP contribution >= 0.6 is 0 Å². The van der Waals surface area contributed by atoms with Crippen molar-refractivity contribution < 1.29 is 29.5 Å². The number of aryl methyl sites for hydroxylation is 2. The van der Waals surface area contributed by atoms with Crippen LogP contribution < -0.4 is 20.6 Å². The maximum atomic E-state index is 13.5. The van der Waals surface area contributed by atoms with Gasteiger partial charge < -0.3 is 25.4 Å². The first-order chi connectivity index (χ1) is 16.4. The molecule has 3 N–H and O–H groups in total. The summed E-state index contributed by atoms with van der Waals surface area (Å²) in [5.74, 6) is -2.20. The Labute approximate surface area is 202 Å². The van der Waals surface area contributed by atoms with Gasteiger partial charge in [-0.1, -0.05) is 35.4 Å². The number of amides is 5. The van der Waals surface area contributed by atoms with Gasteiger partial charge in [0.1, 0.15) is 6.54 Å². The Morgan fingerprint density at radius 1 is 1.03 bits per heavy atom. The molecule has 1 saturated heterocycles. The van der Waals surface area contributed by atoms with Gasteiger partial charge >= 0.3 is 12.1 Å². The molecule has 1 aliphatic heterocycles. The number of nitrogens with one attached hydrogen (secondary N) is 2. The second-order valence-corrected chi connectivity index (χ2v) is 8.89. The lowest BCUT2D eigenvalue weighted by molar-refractivity contribution is -0.304. The van der Waals surface area contributed by atoms with Crippen LogP contribution in [0.4, 0.5) is 21.0 Å². The summed E-state index contributed by atoms with van der Waals surface area (Å²) in [4.78, 5) is 51.9. The van der Waals surface area contributed by atoms with Crippen molar-refractivity contribution in [3.63, 3.8) is 0 Å². The summed E-state index contributed by atoms with van der Waals surface area (Å²) in [6.45, 7) is 5.76. The van der Waals surface area contributed by atoms with Crippen molar-refractivity contribution in [2.24, 2.45) is 0 Å². The molecule has 11 nitrogen and oxygen atoms in total. The van der Waals surface area contributed by atoms with Crippen LogP contribution in [0.5, 0.6) is 0 Å². The molecule has 3 rings (SSSR count). The number of aliphatic carboxylic acids is 1. The average Bonchev–Trinajstić information content (AvgIpc) is 2.99. The molecule has 0 spiro atoms. The van der Waals surface area contributed by atoms with E-state index in [1.807, 2.05) is 13.8 Å². The molecule has 1 aliphatic rings. The van der Waals surface area contributed by atoms with Crippen molar-refractivity contribution in [3.05, 3.63) is 59.7 Å². The summed E-state index contributed by atoms with van der Waals surface area (Å²) >= 11 is 0. The fourth-order valence-corrected chi connectivity index (χ4v) is 3.87. The van der Waals surface area contributed by atoms with Crippen LogP contribution in [0.3, 0.4) is 0 Å². The number of rotatable bonds is 7. The molecule has 35 heavy (non-hydrogen) atoms. The fraction of sp³-hybridized carbons (Fsp3) is 0.333. The van der Waals surface area contributed by atoms with Gasteiger partial charge in [0.2, 0.25) is 5.91 Å². The van der Waals surface area contributed by atoms with Gasteiger partial charge in [-0.3, -0.25) is 14.9 Å². The Kier molecular flexibility index (Phi) is 7.30. The number of carboxylic acid groups (broad SMARTS) is 1. The highest BCUT2D eigenvalue weighted by atomic mass is 16.5. The van der Waals surface area contributed by atoms with E-state index in [1.54, 1.807) is 62.4 Å². The third kappa shape index (κ3) is 5.52. The molecule has 186 valence electrons. The monoisotopic (exact) mass is 482 g/mol. The predicted octanol–water partition coefficient (Wildman–Crippen LogP) is 1.44. The maximum Gasteiger partial charge on any atom is 0.347 e. The van der Waals surface area contributed by atoms with Crippen LogP contribution in [0, 0.1) is 13.8 Å². The van der Waals surface area contributed by atoms with Crippen molar-refractivity contribution in [3.8, 4) is 0 Å². The minimum Gasteiger partial charge on any atom is -0.548 e. The van der Waals surface area contributed by atoms with E-state index in [0.717, 1.165) is 11.1 Å². The number of anilines is 2. The number of nitrogens with zero attached hydrogens (tertiary/aromatic N) is 3. The van der Waals surface area contributed by atoms with Crippen molar-refractivity contribution in [2.75, 3.05) is 23.3 Å². The molecule has 2 aromatic carbocycles. The summed E-state index contributed by atoms with van der Waals surface area (Å²) in [5, 5.41) is 26.9. The van der Waals surface area contributed by atoms with E-state index in [1.165, 1.54) is 9.80 Å². The lowest BCUT2D eigenvalue weighted by Gasteiger charge is -2.38. The van der Waals surface area contributed by atoms with Gasteiger partial charge in [0, 0.05) is 11.4 Å². The number of urea groups is 2. The Balaban J connectivity index is 1.94. The van der Waals surface area contributed by atoms with Crippen LogP contribution in [0.15, 0.2) is 48.5 Å². The van der Waals surface area contributed by atoms with Crippen molar-refractivity contribution in [1.29, 1.82) is 0 Å². The first-order valence-corrected chi connectivity index (χ1v) is 10.9. The van der Waals surface area contributed by atoms with Crippen molar-refractivity contribution in [2.45, 2.75) is 39.4 Å². The summed E-state index contributed by atoms with van der Waals surface area (Å²) < 4.78 is 0. The highest BCUT2D eigenvalue weighted by Crippen LogP contribution is 2.37. The van der Waals surface area contributed by atoms with Crippen LogP contribution in [0.1, 0.15) is 25.0 Å². The molecule has 1 atom stereocenters. The first-order valence-electron chi connectivity index (χ1n) is 10.9. The predicted molar refractivity (Wildman–Crippen MR) is 125 cm³/mol. The second kappa shape index (κ2) is 10.0. The lowest BCUT2D eigenvalue weighted by Crippen LogP contribution is -2.58. The minimum atomic E-state index is -1.47. The van der Waals surface area contributed by atoms with E-state index < -0.39 is 48.7 Å². The van der Waals surface area contributed by atoms with E-state index in [9.17, 15) is 29.5 Å². The standard InChI is InChI=1S/C24H29N5O6/c1-15-5-9-17(10-6-15)26-22(33)29(35)21-24(3,4)27(14-19(30)25-13-20(31)32)23(34)28(21)18-11-7-16(2)8-12-18/h5-12,21,35H,13-14H2,1-4H3,(H,25,30)(H,26,33)(H,31,32)/p-1/t21-/m1/s1. The SMILES string of the molecule is Cc1ccc(NC(=O)N(O)[C@H]2N(c3ccc(C)cc3)C(=O)N(CC(=O)NCC(=O)[O-])C2(C)C)cc1. The van der Waals surface area contributed by atoms with Crippen LogP contribution in [-0.2, 0) is 9.59 Å². The normalized spacial score (nSPS) is 16.7. The Morgan fingerprint density at radius 2 is 1.57 bits per heavy atom. The number of carbonyl (C=O) groups is 4. The van der Waals surface area contributed by atoms with E-state index in [4.69, 9.17) is 0 Å². The fourth-order valence-electron chi connectivity index (χ4n) is 3.87. The number of hydrogen-bond acceptors (Lipinski definition) is 6. The summed E-state index contributed by atoms with van der Waals surface area (Å²) in [6, 6.07) is 12.3. The summed E-state index contributed by atoms with van der Waals surface area (Å²) in [6.07, 6.45) is -1.22. The van der Waals surface area contributed by atoms with E-state index in [2.05, 4.69) is 10.6 Å². The highest BCUT2D eigenvalue weighted by Gasteiger charge is 2.56. The number of benzene rings is 2. The summed E-state index contributed by atoms with van der Waals surface area (Å²) in [7, 11) is 0. The zero-order valence-corrected chi connectivity index (χ0v) is 19.9. The quantitative estimate of drug-likeness (QED) is 0.402. The van der Waals surface area contributed by atoms with E-state index >= 15 is 0 Å².